The highest BCUT2D eigenvalue weighted by Crippen LogP contribution is 2.33. The first-order chi connectivity index (χ1) is 13.0. The summed E-state index contributed by atoms with van der Waals surface area (Å²) in [5.74, 6) is -1.91. The Morgan fingerprint density at radius 2 is 1.81 bits per heavy atom. The van der Waals surface area contributed by atoms with Gasteiger partial charge in [-0.05, 0) is 17.7 Å². The van der Waals surface area contributed by atoms with Gasteiger partial charge in [-0.25, -0.2) is 4.79 Å². The predicted octanol–water partition coefficient (Wildman–Crippen LogP) is 1.99. The van der Waals surface area contributed by atoms with Crippen LogP contribution >= 0.6 is 0 Å². The van der Waals surface area contributed by atoms with Crippen molar-refractivity contribution in [2.45, 2.75) is 12.5 Å². The van der Waals surface area contributed by atoms with E-state index in [1.807, 2.05) is 0 Å². The maximum absolute atomic E-state index is 12.6. The number of nitrogens with zero attached hydrogens (tertiary/aromatic N) is 1. The smallest absolute Gasteiger partial charge is 0.330 e. The second-order valence-electron chi connectivity index (χ2n) is 6.27. The molecule has 0 bridgehead atoms. The standard InChI is InChI=1S/C20H20N2O5/c1-27-16-10-6-5-9-15(16)22-12-14(11-17(22)23)19(24)21-18(20(25)26)13-7-3-2-4-8-13/h2-10,14,18H,11-12H2,1H3,(H,21,24)(H,25,26). The SMILES string of the molecule is COc1ccccc1N1CC(C(=O)NC(C(=O)O)c2ccccc2)CC1=O. The number of carbonyl (C=O) groups excluding carboxylic acids is 2. The Labute approximate surface area is 156 Å². The molecule has 2 aromatic carbocycles. The number of para-hydroxylation sites is 2. The third-order valence-electron chi connectivity index (χ3n) is 4.54. The maximum Gasteiger partial charge on any atom is 0.330 e. The van der Waals surface area contributed by atoms with Crippen LogP contribution in [-0.4, -0.2) is 36.5 Å². The van der Waals surface area contributed by atoms with E-state index in [-0.39, 0.29) is 18.9 Å². The number of carboxylic acids is 1. The van der Waals surface area contributed by atoms with Crippen molar-refractivity contribution in [2.24, 2.45) is 5.92 Å². The number of nitrogens with one attached hydrogen (secondary N) is 1. The number of aliphatic carboxylic acids is 1. The van der Waals surface area contributed by atoms with Crippen molar-refractivity contribution in [3.8, 4) is 5.75 Å². The Bertz CT molecular complexity index is 852. The van der Waals surface area contributed by atoms with Gasteiger partial charge in [0.2, 0.25) is 11.8 Å². The number of carboxylic acid groups (broad SMARTS) is 1. The molecule has 0 radical (unpaired) electrons. The molecule has 7 heteroatoms. The number of benzene rings is 2. The zero-order valence-electron chi connectivity index (χ0n) is 14.8. The van der Waals surface area contributed by atoms with E-state index in [0.717, 1.165) is 0 Å². The minimum Gasteiger partial charge on any atom is -0.495 e. The number of hydrogen-bond donors (Lipinski definition) is 2. The fraction of sp³-hybridized carbons (Fsp3) is 0.250. The highest BCUT2D eigenvalue weighted by Gasteiger charge is 2.37. The van der Waals surface area contributed by atoms with Gasteiger partial charge in [-0.2, -0.15) is 0 Å². The first-order valence-corrected chi connectivity index (χ1v) is 8.52. The van der Waals surface area contributed by atoms with Crippen LogP contribution < -0.4 is 15.0 Å². The van der Waals surface area contributed by atoms with Gasteiger partial charge in [0.25, 0.3) is 0 Å². The molecule has 1 heterocycles. The number of ether oxygens (including phenoxy) is 1. The van der Waals surface area contributed by atoms with Gasteiger partial charge >= 0.3 is 5.97 Å². The lowest BCUT2D eigenvalue weighted by Crippen LogP contribution is -2.38. The Hall–Kier alpha value is -3.35. The van der Waals surface area contributed by atoms with E-state index in [2.05, 4.69) is 5.32 Å². The summed E-state index contributed by atoms with van der Waals surface area (Å²) in [6, 6.07) is 14.4. The molecule has 2 unspecified atom stereocenters. The summed E-state index contributed by atoms with van der Waals surface area (Å²) in [4.78, 5) is 38.1. The highest BCUT2D eigenvalue weighted by molar-refractivity contribution is 6.01. The van der Waals surface area contributed by atoms with Gasteiger partial charge in [0.1, 0.15) is 5.75 Å². The summed E-state index contributed by atoms with van der Waals surface area (Å²) in [7, 11) is 1.51. The first-order valence-electron chi connectivity index (χ1n) is 8.52. The number of methoxy groups -OCH3 is 1. The lowest BCUT2D eigenvalue weighted by Gasteiger charge is -2.20. The van der Waals surface area contributed by atoms with E-state index >= 15 is 0 Å². The summed E-state index contributed by atoms with van der Waals surface area (Å²) in [5, 5.41) is 12.0. The molecule has 1 aliphatic rings. The Morgan fingerprint density at radius 3 is 2.48 bits per heavy atom. The van der Waals surface area contributed by atoms with Gasteiger partial charge in [-0.1, -0.05) is 42.5 Å². The van der Waals surface area contributed by atoms with Crippen LogP contribution in [0.15, 0.2) is 54.6 Å². The van der Waals surface area contributed by atoms with Crippen LogP contribution in [0.2, 0.25) is 0 Å². The Balaban J connectivity index is 1.74. The normalized spacial score (nSPS) is 17.4. The topological polar surface area (TPSA) is 95.9 Å². The fourth-order valence-electron chi connectivity index (χ4n) is 3.16. The van der Waals surface area contributed by atoms with Crippen LogP contribution in [0.25, 0.3) is 0 Å². The van der Waals surface area contributed by atoms with Gasteiger partial charge in [0.15, 0.2) is 6.04 Å². The molecule has 1 fully saturated rings. The quantitative estimate of drug-likeness (QED) is 0.813. The zero-order valence-corrected chi connectivity index (χ0v) is 14.8. The van der Waals surface area contributed by atoms with E-state index in [1.165, 1.54) is 12.0 Å². The van der Waals surface area contributed by atoms with Crippen LogP contribution in [0.1, 0.15) is 18.0 Å². The molecule has 1 aliphatic heterocycles. The Kier molecular flexibility index (Phi) is 5.40. The second-order valence-corrected chi connectivity index (χ2v) is 6.27. The largest absolute Gasteiger partial charge is 0.495 e. The van der Waals surface area contributed by atoms with Crippen LogP contribution in [0.3, 0.4) is 0 Å². The first kappa shape index (κ1) is 18.4. The van der Waals surface area contributed by atoms with Gasteiger partial charge < -0.3 is 20.1 Å². The van der Waals surface area contributed by atoms with Crippen molar-refractivity contribution in [1.82, 2.24) is 5.32 Å². The van der Waals surface area contributed by atoms with Crippen LogP contribution in [0, 0.1) is 5.92 Å². The monoisotopic (exact) mass is 368 g/mol. The minimum atomic E-state index is -1.16. The molecule has 7 nitrogen and oxygen atoms in total. The van der Waals surface area contributed by atoms with E-state index < -0.39 is 23.8 Å². The second kappa shape index (κ2) is 7.90. The summed E-state index contributed by atoms with van der Waals surface area (Å²) in [6.45, 7) is 0.173. The zero-order chi connectivity index (χ0) is 19.4. The van der Waals surface area contributed by atoms with Crippen LogP contribution in [0.5, 0.6) is 5.75 Å². The molecule has 0 aliphatic carbocycles. The summed E-state index contributed by atoms with van der Waals surface area (Å²) < 4.78 is 5.28. The number of hydrogen-bond acceptors (Lipinski definition) is 4. The van der Waals surface area contributed by atoms with Crippen molar-refractivity contribution in [2.75, 3.05) is 18.6 Å². The molecule has 0 aromatic heterocycles. The van der Waals surface area contributed by atoms with Crippen molar-refractivity contribution in [3.05, 3.63) is 60.2 Å². The van der Waals surface area contributed by atoms with Gasteiger partial charge in [-0.3, -0.25) is 9.59 Å². The molecule has 2 atom stereocenters. The van der Waals surface area contributed by atoms with Crippen molar-refractivity contribution >= 4 is 23.5 Å². The fourth-order valence-corrected chi connectivity index (χ4v) is 3.16. The lowest BCUT2D eigenvalue weighted by molar-refractivity contribution is -0.142. The molecule has 27 heavy (non-hydrogen) atoms. The molecular weight excluding hydrogens is 348 g/mol. The van der Waals surface area contributed by atoms with Crippen molar-refractivity contribution in [1.29, 1.82) is 0 Å². The summed E-state index contributed by atoms with van der Waals surface area (Å²) in [5.41, 5.74) is 1.07. The predicted molar refractivity (Wildman–Crippen MR) is 98.4 cm³/mol. The lowest BCUT2D eigenvalue weighted by atomic mass is 10.0. The van der Waals surface area contributed by atoms with Gasteiger partial charge in [0, 0.05) is 13.0 Å². The third-order valence-corrected chi connectivity index (χ3v) is 4.54. The molecule has 140 valence electrons. The minimum absolute atomic E-state index is 0.0189. The van der Waals surface area contributed by atoms with E-state index in [4.69, 9.17) is 4.74 Å². The molecule has 0 saturated carbocycles. The highest BCUT2D eigenvalue weighted by atomic mass is 16.5. The summed E-state index contributed by atoms with van der Waals surface area (Å²) >= 11 is 0. The molecule has 2 amide bonds. The van der Waals surface area contributed by atoms with Gasteiger partial charge in [0.05, 0.1) is 18.7 Å². The summed E-state index contributed by atoms with van der Waals surface area (Å²) in [6.07, 6.45) is 0.0189. The molecule has 0 spiro atoms. The van der Waals surface area contributed by atoms with Crippen molar-refractivity contribution in [3.63, 3.8) is 0 Å². The van der Waals surface area contributed by atoms with Gasteiger partial charge in [-0.15, -0.1) is 0 Å². The van der Waals surface area contributed by atoms with Crippen LogP contribution in [-0.2, 0) is 14.4 Å². The third kappa shape index (κ3) is 3.92. The Morgan fingerprint density at radius 1 is 1.15 bits per heavy atom. The number of rotatable bonds is 6. The number of anilines is 1. The van der Waals surface area contributed by atoms with E-state index in [0.29, 0.717) is 17.0 Å². The number of carbonyl (C=O) groups is 3. The van der Waals surface area contributed by atoms with Crippen LogP contribution in [0.4, 0.5) is 5.69 Å². The molecular formula is C20H20N2O5. The maximum atomic E-state index is 12.6. The molecule has 3 rings (SSSR count). The van der Waals surface area contributed by atoms with E-state index in [1.54, 1.807) is 54.6 Å². The van der Waals surface area contributed by atoms with E-state index in [9.17, 15) is 19.5 Å². The average Bonchev–Trinajstić information content (AvgIpc) is 3.08. The van der Waals surface area contributed by atoms with Crippen molar-refractivity contribution < 1.29 is 24.2 Å². The molecule has 1 saturated heterocycles. The molecule has 2 aromatic rings. The molecule has 2 N–H and O–H groups in total. The number of amides is 2. The average molecular weight is 368 g/mol.